The number of carbonyl (C=O) groups is 1. The minimum absolute atomic E-state index is 0.00948. The molecule has 17 heavy (non-hydrogen) atoms. The zero-order chi connectivity index (χ0) is 12.9. The van der Waals surface area contributed by atoms with Crippen LogP contribution in [0.4, 0.5) is 4.39 Å². The molecule has 1 rings (SSSR count). The summed E-state index contributed by atoms with van der Waals surface area (Å²) in [7, 11) is 1.88. The van der Waals surface area contributed by atoms with Crippen molar-refractivity contribution < 1.29 is 9.18 Å². The second kappa shape index (κ2) is 5.77. The van der Waals surface area contributed by atoms with Gasteiger partial charge in [0.05, 0.1) is 0 Å². The van der Waals surface area contributed by atoms with Gasteiger partial charge < -0.3 is 10.6 Å². The van der Waals surface area contributed by atoms with Gasteiger partial charge in [-0.25, -0.2) is 4.39 Å². The third-order valence-electron chi connectivity index (χ3n) is 2.49. The van der Waals surface area contributed by atoms with Gasteiger partial charge in [-0.1, -0.05) is 13.8 Å². The fourth-order valence-electron chi connectivity index (χ4n) is 1.56. The number of benzene rings is 1. The molecule has 0 aliphatic heterocycles. The number of halogens is 1. The molecular weight excluding hydrogens is 219 g/mol. The summed E-state index contributed by atoms with van der Waals surface area (Å²) in [5.74, 6) is -0.508. The Morgan fingerprint density at radius 1 is 1.24 bits per heavy atom. The van der Waals surface area contributed by atoms with Crippen LogP contribution in [0.25, 0.3) is 0 Å². The molecule has 0 unspecified atom stereocenters. The average molecular weight is 238 g/mol. The van der Waals surface area contributed by atoms with Crippen LogP contribution in [0.3, 0.4) is 0 Å². The van der Waals surface area contributed by atoms with Gasteiger partial charge in [0.2, 0.25) is 0 Å². The second-order valence-corrected chi connectivity index (χ2v) is 4.88. The molecule has 0 spiro atoms. The van der Waals surface area contributed by atoms with Gasteiger partial charge in [-0.3, -0.25) is 4.79 Å². The van der Waals surface area contributed by atoms with Crippen LogP contribution in [0.2, 0.25) is 0 Å². The van der Waals surface area contributed by atoms with E-state index in [0.29, 0.717) is 12.1 Å². The maximum atomic E-state index is 12.7. The van der Waals surface area contributed by atoms with Crippen LogP contribution in [0.5, 0.6) is 0 Å². The number of rotatable bonds is 5. The van der Waals surface area contributed by atoms with Crippen molar-refractivity contribution in [2.24, 2.45) is 5.41 Å². The van der Waals surface area contributed by atoms with Crippen LogP contribution in [-0.4, -0.2) is 26.0 Å². The van der Waals surface area contributed by atoms with E-state index in [4.69, 9.17) is 0 Å². The van der Waals surface area contributed by atoms with E-state index in [1.54, 1.807) is 0 Å². The Morgan fingerprint density at radius 3 is 2.35 bits per heavy atom. The minimum Gasteiger partial charge on any atom is -0.351 e. The van der Waals surface area contributed by atoms with E-state index in [1.807, 2.05) is 7.05 Å². The summed E-state index contributed by atoms with van der Waals surface area (Å²) >= 11 is 0. The normalized spacial score (nSPS) is 11.3. The molecule has 0 saturated heterocycles. The number of hydrogen-bond donors (Lipinski definition) is 2. The van der Waals surface area contributed by atoms with Crippen LogP contribution >= 0.6 is 0 Å². The monoisotopic (exact) mass is 238 g/mol. The van der Waals surface area contributed by atoms with Crippen molar-refractivity contribution >= 4 is 5.91 Å². The van der Waals surface area contributed by atoms with Gasteiger partial charge in [-0.05, 0) is 36.7 Å². The van der Waals surface area contributed by atoms with Gasteiger partial charge in [0.1, 0.15) is 5.82 Å². The van der Waals surface area contributed by atoms with E-state index in [2.05, 4.69) is 24.5 Å². The molecular formula is C13H19FN2O. The lowest BCUT2D eigenvalue weighted by molar-refractivity contribution is 0.0936. The summed E-state index contributed by atoms with van der Waals surface area (Å²) in [6.07, 6.45) is 0. The van der Waals surface area contributed by atoms with Crippen molar-refractivity contribution in [3.05, 3.63) is 35.6 Å². The molecule has 0 heterocycles. The fourth-order valence-corrected chi connectivity index (χ4v) is 1.56. The number of carbonyl (C=O) groups excluding carboxylic acids is 1. The molecule has 0 aliphatic rings. The highest BCUT2D eigenvalue weighted by atomic mass is 19.1. The van der Waals surface area contributed by atoms with E-state index in [-0.39, 0.29) is 17.1 Å². The summed E-state index contributed by atoms with van der Waals surface area (Å²) in [6.45, 7) is 5.52. The van der Waals surface area contributed by atoms with Gasteiger partial charge >= 0.3 is 0 Å². The van der Waals surface area contributed by atoms with Crippen molar-refractivity contribution in [2.45, 2.75) is 13.8 Å². The Bertz CT molecular complexity index is 374. The van der Waals surface area contributed by atoms with Crippen LogP contribution in [-0.2, 0) is 0 Å². The van der Waals surface area contributed by atoms with E-state index >= 15 is 0 Å². The minimum atomic E-state index is -0.336. The first kappa shape index (κ1) is 13.6. The SMILES string of the molecule is CNCC(C)(C)CNC(=O)c1ccc(F)cc1. The van der Waals surface area contributed by atoms with Crippen LogP contribution in [0.1, 0.15) is 24.2 Å². The lowest BCUT2D eigenvalue weighted by atomic mass is 9.93. The number of hydrogen-bond acceptors (Lipinski definition) is 2. The largest absolute Gasteiger partial charge is 0.351 e. The molecule has 1 aromatic rings. The molecule has 0 fully saturated rings. The van der Waals surface area contributed by atoms with E-state index in [9.17, 15) is 9.18 Å². The summed E-state index contributed by atoms with van der Waals surface area (Å²) in [5, 5.41) is 5.92. The maximum Gasteiger partial charge on any atom is 0.251 e. The predicted molar refractivity (Wildman–Crippen MR) is 66.4 cm³/mol. The van der Waals surface area contributed by atoms with Gasteiger partial charge in [0.25, 0.3) is 5.91 Å². The Morgan fingerprint density at radius 2 is 1.82 bits per heavy atom. The Labute approximate surface area is 101 Å². The summed E-state index contributed by atoms with van der Waals surface area (Å²) in [4.78, 5) is 11.8. The van der Waals surface area contributed by atoms with Crippen LogP contribution < -0.4 is 10.6 Å². The van der Waals surface area contributed by atoms with Crippen molar-refractivity contribution in [3.63, 3.8) is 0 Å². The zero-order valence-corrected chi connectivity index (χ0v) is 10.5. The third-order valence-corrected chi connectivity index (χ3v) is 2.49. The molecule has 0 atom stereocenters. The molecule has 0 saturated carbocycles. The van der Waals surface area contributed by atoms with E-state index in [0.717, 1.165) is 6.54 Å². The van der Waals surface area contributed by atoms with Gasteiger partial charge in [0.15, 0.2) is 0 Å². The summed E-state index contributed by atoms with van der Waals surface area (Å²) < 4.78 is 12.7. The van der Waals surface area contributed by atoms with Crippen molar-refractivity contribution in [2.75, 3.05) is 20.1 Å². The second-order valence-electron chi connectivity index (χ2n) is 4.88. The van der Waals surface area contributed by atoms with Crippen molar-refractivity contribution in [1.82, 2.24) is 10.6 Å². The summed E-state index contributed by atoms with van der Waals surface area (Å²) in [5.41, 5.74) is 0.469. The van der Waals surface area contributed by atoms with E-state index < -0.39 is 0 Å². The smallest absolute Gasteiger partial charge is 0.251 e. The molecule has 4 heteroatoms. The first-order valence-corrected chi connectivity index (χ1v) is 5.63. The fraction of sp³-hybridized carbons (Fsp3) is 0.462. The molecule has 94 valence electrons. The van der Waals surface area contributed by atoms with Crippen molar-refractivity contribution in [3.8, 4) is 0 Å². The van der Waals surface area contributed by atoms with Gasteiger partial charge in [-0.2, -0.15) is 0 Å². The maximum absolute atomic E-state index is 12.7. The standard InChI is InChI=1S/C13H19FN2O/c1-13(2,8-15-3)9-16-12(17)10-4-6-11(14)7-5-10/h4-7,15H,8-9H2,1-3H3,(H,16,17). The molecule has 1 amide bonds. The lowest BCUT2D eigenvalue weighted by Gasteiger charge is -2.24. The molecule has 1 aromatic carbocycles. The average Bonchev–Trinajstić information content (AvgIpc) is 2.27. The highest BCUT2D eigenvalue weighted by molar-refractivity contribution is 5.94. The van der Waals surface area contributed by atoms with Gasteiger partial charge in [0, 0.05) is 18.7 Å². The highest BCUT2D eigenvalue weighted by Gasteiger charge is 2.18. The van der Waals surface area contributed by atoms with Crippen LogP contribution in [0.15, 0.2) is 24.3 Å². The van der Waals surface area contributed by atoms with Crippen molar-refractivity contribution in [1.29, 1.82) is 0 Å². The molecule has 0 aliphatic carbocycles. The number of amides is 1. The first-order chi connectivity index (χ1) is 7.94. The molecule has 2 N–H and O–H groups in total. The quantitative estimate of drug-likeness (QED) is 0.821. The molecule has 3 nitrogen and oxygen atoms in total. The third kappa shape index (κ3) is 4.53. The van der Waals surface area contributed by atoms with Crippen LogP contribution in [0, 0.1) is 11.2 Å². The number of nitrogens with one attached hydrogen (secondary N) is 2. The Balaban J connectivity index is 2.53. The van der Waals surface area contributed by atoms with Gasteiger partial charge in [-0.15, -0.1) is 0 Å². The predicted octanol–water partition coefficient (Wildman–Crippen LogP) is 1.80. The zero-order valence-electron chi connectivity index (χ0n) is 10.5. The summed E-state index contributed by atoms with van der Waals surface area (Å²) in [6, 6.07) is 5.53. The molecule has 0 radical (unpaired) electrons. The molecule has 0 aromatic heterocycles. The molecule has 0 bridgehead atoms. The van der Waals surface area contributed by atoms with E-state index in [1.165, 1.54) is 24.3 Å². The highest BCUT2D eigenvalue weighted by Crippen LogP contribution is 2.12. The topological polar surface area (TPSA) is 41.1 Å². The Kier molecular flexibility index (Phi) is 4.63. The Hall–Kier alpha value is -1.42. The first-order valence-electron chi connectivity index (χ1n) is 5.63. The lowest BCUT2D eigenvalue weighted by Crippen LogP contribution is -2.39.